The lowest BCUT2D eigenvalue weighted by Crippen LogP contribution is -2.11. The van der Waals surface area contributed by atoms with Crippen LogP contribution < -0.4 is 4.90 Å². The third-order valence-corrected chi connectivity index (χ3v) is 4.28. The van der Waals surface area contributed by atoms with Crippen molar-refractivity contribution >= 4 is 33.3 Å². The Morgan fingerprint density at radius 1 is 0.783 bits per heavy atom. The van der Waals surface area contributed by atoms with E-state index in [0.29, 0.717) is 5.69 Å². The van der Waals surface area contributed by atoms with Gasteiger partial charge in [0.2, 0.25) is 0 Å². The van der Waals surface area contributed by atoms with E-state index in [1.807, 2.05) is 55.3 Å². The molecule has 0 N–H and O–H groups in total. The van der Waals surface area contributed by atoms with Crippen molar-refractivity contribution in [3.8, 4) is 0 Å². The van der Waals surface area contributed by atoms with E-state index in [2.05, 4.69) is 6.07 Å². The maximum Gasteiger partial charge on any atom is 0.159 e. The summed E-state index contributed by atoms with van der Waals surface area (Å²) in [7, 11) is 1.85. The second-order valence-electron chi connectivity index (χ2n) is 5.72. The lowest BCUT2D eigenvalue weighted by atomic mass is 10.1. The molecular weight excluding hydrogens is 289 g/mol. The van der Waals surface area contributed by atoms with Gasteiger partial charge in [0.05, 0.1) is 11.4 Å². The number of para-hydroxylation sites is 3. The molecule has 0 atom stereocenters. The number of hydrogen-bond donors (Lipinski definition) is 0. The number of aryl methyl sites for hydroxylation is 1. The molecule has 2 nitrogen and oxygen atoms in total. The van der Waals surface area contributed by atoms with Crippen molar-refractivity contribution in [2.45, 2.75) is 6.92 Å². The van der Waals surface area contributed by atoms with Crippen molar-refractivity contribution in [3.63, 3.8) is 0 Å². The van der Waals surface area contributed by atoms with E-state index in [1.165, 1.54) is 6.07 Å². The van der Waals surface area contributed by atoms with Crippen LogP contribution in [0.5, 0.6) is 0 Å². The smallest absolute Gasteiger partial charge is 0.159 e. The van der Waals surface area contributed by atoms with E-state index >= 15 is 0 Å². The van der Waals surface area contributed by atoms with Crippen molar-refractivity contribution in [2.24, 2.45) is 0 Å². The molecule has 4 aromatic rings. The first-order valence-electron chi connectivity index (χ1n) is 7.56. The fourth-order valence-corrected chi connectivity index (χ4v) is 3.06. The van der Waals surface area contributed by atoms with E-state index in [4.69, 9.17) is 4.42 Å². The summed E-state index contributed by atoms with van der Waals surface area (Å²) < 4.78 is 20.3. The highest BCUT2D eigenvalue weighted by Gasteiger charge is 2.16. The summed E-state index contributed by atoms with van der Waals surface area (Å²) in [5.74, 6) is -0.251. The van der Waals surface area contributed by atoms with Gasteiger partial charge in [0.25, 0.3) is 0 Å². The Labute approximate surface area is 133 Å². The van der Waals surface area contributed by atoms with Crippen LogP contribution in [0.4, 0.5) is 15.8 Å². The SMILES string of the molecule is Cc1cccc2c1oc1c(N(C)c3ccccc3F)cccc12. The molecule has 3 heteroatoms. The summed E-state index contributed by atoms with van der Waals surface area (Å²) in [5.41, 5.74) is 4.14. The summed E-state index contributed by atoms with van der Waals surface area (Å²) in [4.78, 5) is 1.83. The Balaban J connectivity index is 1.99. The normalized spacial score (nSPS) is 11.3. The van der Waals surface area contributed by atoms with Crippen LogP contribution in [0.25, 0.3) is 21.9 Å². The number of halogens is 1. The van der Waals surface area contributed by atoms with Crippen LogP contribution >= 0.6 is 0 Å². The number of hydrogen-bond acceptors (Lipinski definition) is 2. The third-order valence-electron chi connectivity index (χ3n) is 4.28. The molecule has 0 bridgehead atoms. The molecular formula is C20H16FNO. The largest absolute Gasteiger partial charge is 0.454 e. The Morgan fingerprint density at radius 3 is 2.22 bits per heavy atom. The van der Waals surface area contributed by atoms with Crippen molar-refractivity contribution in [1.29, 1.82) is 0 Å². The van der Waals surface area contributed by atoms with Crippen LogP contribution in [0.1, 0.15) is 5.56 Å². The molecule has 1 aromatic heterocycles. The maximum atomic E-state index is 14.1. The zero-order chi connectivity index (χ0) is 16.0. The molecule has 3 aromatic carbocycles. The van der Waals surface area contributed by atoms with Gasteiger partial charge >= 0.3 is 0 Å². The van der Waals surface area contributed by atoms with Gasteiger partial charge in [-0.3, -0.25) is 0 Å². The van der Waals surface area contributed by atoms with Gasteiger partial charge in [-0.05, 0) is 30.7 Å². The first-order valence-corrected chi connectivity index (χ1v) is 7.56. The average Bonchev–Trinajstić information content (AvgIpc) is 2.95. The van der Waals surface area contributed by atoms with Crippen LogP contribution in [0, 0.1) is 12.7 Å². The lowest BCUT2D eigenvalue weighted by Gasteiger charge is -2.20. The monoisotopic (exact) mass is 305 g/mol. The molecule has 0 saturated carbocycles. The highest BCUT2D eigenvalue weighted by molar-refractivity contribution is 6.10. The standard InChI is InChI=1S/C20H16FNO/c1-13-7-5-8-14-15-9-6-12-18(20(15)23-19(13)14)22(2)17-11-4-3-10-16(17)21/h3-12H,1-2H3. The van der Waals surface area contributed by atoms with E-state index in [9.17, 15) is 4.39 Å². The van der Waals surface area contributed by atoms with Gasteiger partial charge < -0.3 is 9.32 Å². The topological polar surface area (TPSA) is 16.4 Å². The first-order chi connectivity index (χ1) is 11.2. The molecule has 0 spiro atoms. The number of nitrogens with zero attached hydrogens (tertiary/aromatic N) is 1. The molecule has 0 aliphatic carbocycles. The highest BCUT2D eigenvalue weighted by Crippen LogP contribution is 2.38. The van der Waals surface area contributed by atoms with E-state index < -0.39 is 0 Å². The minimum absolute atomic E-state index is 0.251. The fourth-order valence-electron chi connectivity index (χ4n) is 3.06. The Morgan fingerprint density at radius 2 is 1.43 bits per heavy atom. The van der Waals surface area contributed by atoms with Gasteiger partial charge in [0.1, 0.15) is 11.4 Å². The molecule has 1 heterocycles. The highest BCUT2D eigenvalue weighted by atomic mass is 19.1. The van der Waals surface area contributed by atoms with Gasteiger partial charge in [0.15, 0.2) is 5.58 Å². The summed E-state index contributed by atoms with van der Waals surface area (Å²) >= 11 is 0. The number of fused-ring (bicyclic) bond motifs is 3. The number of benzene rings is 3. The van der Waals surface area contributed by atoms with Gasteiger partial charge in [-0.15, -0.1) is 0 Å². The molecule has 4 rings (SSSR count). The number of rotatable bonds is 2. The van der Waals surface area contributed by atoms with E-state index in [0.717, 1.165) is 33.2 Å². The maximum absolute atomic E-state index is 14.1. The molecule has 0 fully saturated rings. The van der Waals surface area contributed by atoms with Gasteiger partial charge in [-0.2, -0.15) is 0 Å². The minimum atomic E-state index is -0.251. The Bertz CT molecular complexity index is 1020. The Kier molecular flexibility index (Phi) is 3.08. The third kappa shape index (κ3) is 2.08. The molecule has 0 amide bonds. The average molecular weight is 305 g/mol. The van der Waals surface area contributed by atoms with Crippen molar-refractivity contribution in [2.75, 3.05) is 11.9 Å². The summed E-state index contributed by atoms with van der Waals surface area (Å²) in [6.07, 6.45) is 0. The van der Waals surface area contributed by atoms with Crippen LogP contribution in [-0.4, -0.2) is 7.05 Å². The first kappa shape index (κ1) is 13.8. The van der Waals surface area contributed by atoms with E-state index in [1.54, 1.807) is 12.1 Å². The Hall–Kier alpha value is -2.81. The minimum Gasteiger partial charge on any atom is -0.454 e. The predicted molar refractivity (Wildman–Crippen MR) is 92.9 cm³/mol. The van der Waals surface area contributed by atoms with Gasteiger partial charge in [0, 0.05) is 17.8 Å². The lowest BCUT2D eigenvalue weighted by molar-refractivity contribution is 0.627. The molecule has 0 aliphatic heterocycles. The number of furan rings is 1. The van der Waals surface area contributed by atoms with Gasteiger partial charge in [-0.25, -0.2) is 4.39 Å². The second-order valence-corrected chi connectivity index (χ2v) is 5.72. The van der Waals surface area contributed by atoms with Crippen LogP contribution in [0.2, 0.25) is 0 Å². The van der Waals surface area contributed by atoms with Crippen LogP contribution in [0.3, 0.4) is 0 Å². The molecule has 0 aliphatic rings. The van der Waals surface area contributed by atoms with Crippen molar-refractivity contribution in [1.82, 2.24) is 0 Å². The zero-order valence-corrected chi connectivity index (χ0v) is 13.0. The molecule has 0 unspecified atom stereocenters. The molecule has 0 radical (unpaired) electrons. The summed E-state index contributed by atoms with van der Waals surface area (Å²) in [6.45, 7) is 2.03. The van der Waals surface area contributed by atoms with Crippen LogP contribution in [-0.2, 0) is 0 Å². The van der Waals surface area contributed by atoms with Crippen molar-refractivity contribution < 1.29 is 8.81 Å². The van der Waals surface area contributed by atoms with Gasteiger partial charge in [-0.1, -0.05) is 42.5 Å². The van der Waals surface area contributed by atoms with E-state index in [-0.39, 0.29) is 5.82 Å². The number of anilines is 2. The summed E-state index contributed by atoms with van der Waals surface area (Å²) in [6, 6.07) is 18.8. The summed E-state index contributed by atoms with van der Waals surface area (Å²) in [5, 5.41) is 2.13. The molecule has 114 valence electrons. The zero-order valence-electron chi connectivity index (χ0n) is 13.0. The quantitative estimate of drug-likeness (QED) is 0.465. The molecule has 23 heavy (non-hydrogen) atoms. The fraction of sp³-hybridized carbons (Fsp3) is 0.100. The second kappa shape index (κ2) is 5.13. The predicted octanol–water partition coefficient (Wildman–Crippen LogP) is 5.80. The molecule has 0 saturated heterocycles. The van der Waals surface area contributed by atoms with Crippen molar-refractivity contribution in [3.05, 3.63) is 72.0 Å². The van der Waals surface area contributed by atoms with Crippen LogP contribution in [0.15, 0.2) is 65.1 Å².